The van der Waals surface area contributed by atoms with Crippen molar-refractivity contribution in [2.45, 2.75) is 20.4 Å². The van der Waals surface area contributed by atoms with E-state index in [9.17, 15) is 0 Å². The molecule has 0 amide bonds. The average molecular weight is 272 g/mol. The van der Waals surface area contributed by atoms with Gasteiger partial charge < -0.3 is 9.88 Å². The van der Waals surface area contributed by atoms with Gasteiger partial charge in [0.2, 0.25) is 0 Å². The third kappa shape index (κ3) is 2.21. The van der Waals surface area contributed by atoms with Crippen LogP contribution in [0.2, 0.25) is 0 Å². The number of thiophene rings is 1. The maximum atomic E-state index is 4.39. The van der Waals surface area contributed by atoms with Gasteiger partial charge in [0.05, 0.1) is 18.4 Å². The van der Waals surface area contributed by atoms with Crippen LogP contribution in [0, 0.1) is 13.8 Å². The maximum Gasteiger partial charge on any atom is 0.154 e. The second kappa shape index (κ2) is 4.66. The van der Waals surface area contributed by atoms with E-state index in [0.29, 0.717) is 0 Å². The standard InChI is InChI=1S/C14H16N4S/c1-9-6-11(19-10(9)2)7-16-14-13-12(4-5-15-14)18(3)8-17-13/h4-6,8H,7H2,1-3H3,(H,15,16). The molecule has 3 aromatic heterocycles. The van der Waals surface area contributed by atoms with Crippen LogP contribution in [-0.4, -0.2) is 14.5 Å². The van der Waals surface area contributed by atoms with Crippen LogP contribution in [0.1, 0.15) is 15.3 Å². The number of fused-ring (bicyclic) bond motifs is 1. The van der Waals surface area contributed by atoms with E-state index in [1.54, 1.807) is 0 Å². The first-order valence-electron chi connectivity index (χ1n) is 6.21. The van der Waals surface area contributed by atoms with Crippen molar-refractivity contribution < 1.29 is 0 Å². The molecule has 3 aromatic rings. The van der Waals surface area contributed by atoms with Crippen LogP contribution in [0.25, 0.3) is 11.0 Å². The van der Waals surface area contributed by atoms with Crippen molar-refractivity contribution >= 4 is 28.2 Å². The fourth-order valence-corrected chi connectivity index (χ4v) is 3.09. The Morgan fingerprint density at radius 1 is 1.32 bits per heavy atom. The molecule has 3 rings (SSSR count). The molecule has 0 saturated heterocycles. The molecule has 1 N–H and O–H groups in total. The van der Waals surface area contributed by atoms with Crippen LogP contribution < -0.4 is 5.32 Å². The van der Waals surface area contributed by atoms with Gasteiger partial charge in [-0.3, -0.25) is 0 Å². The molecule has 0 aromatic carbocycles. The van der Waals surface area contributed by atoms with Gasteiger partial charge in [-0.15, -0.1) is 11.3 Å². The van der Waals surface area contributed by atoms with Gasteiger partial charge in [0.1, 0.15) is 5.52 Å². The van der Waals surface area contributed by atoms with E-state index in [1.807, 2.05) is 41.5 Å². The SMILES string of the molecule is Cc1cc(CNc2nccc3c2ncn3C)sc1C. The van der Waals surface area contributed by atoms with E-state index < -0.39 is 0 Å². The molecule has 98 valence electrons. The number of aryl methyl sites for hydroxylation is 3. The van der Waals surface area contributed by atoms with E-state index in [4.69, 9.17) is 0 Å². The quantitative estimate of drug-likeness (QED) is 0.796. The zero-order chi connectivity index (χ0) is 13.4. The Hall–Kier alpha value is -1.88. The van der Waals surface area contributed by atoms with Crippen molar-refractivity contribution in [3.05, 3.63) is 40.0 Å². The summed E-state index contributed by atoms with van der Waals surface area (Å²) in [4.78, 5) is 11.5. The second-order valence-corrected chi connectivity index (χ2v) is 6.03. The Bertz CT molecular complexity index is 707. The van der Waals surface area contributed by atoms with E-state index >= 15 is 0 Å². The van der Waals surface area contributed by atoms with Crippen molar-refractivity contribution in [2.75, 3.05) is 5.32 Å². The molecular weight excluding hydrogens is 256 g/mol. The van der Waals surface area contributed by atoms with Crippen LogP contribution in [0.3, 0.4) is 0 Å². The summed E-state index contributed by atoms with van der Waals surface area (Å²) in [6.45, 7) is 5.09. The minimum Gasteiger partial charge on any atom is -0.363 e. The predicted molar refractivity (Wildman–Crippen MR) is 79.6 cm³/mol. The molecule has 0 unspecified atom stereocenters. The summed E-state index contributed by atoms with van der Waals surface area (Å²) < 4.78 is 2.00. The number of imidazole rings is 1. The molecule has 0 atom stereocenters. The van der Waals surface area contributed by atoms with E-state index in [-0.39, 0.29) is 0 Å². The van der Waals surface area contributed by atoms with Gasteiger partial charge in [-0.1, -0.05) is 0 Å². The zero-order valence-electron chi connectivity index (χ0n) is 11.3. The molecule has 0 fully saturated rings. The average Bonchev–Trinajstić information content (AvgIpc) is 2.92. The van der Waals surface area contributed by atoms with Crippen molar-refractivity contribution in [3.8, 4) is 0 Å². The zero-order valence-corrected chi connectivity index (χ0v) is 12.1. The maximum absolute atomic E-state index is 4.39. The van der Waals surface area contributed by atoms with Crippen molar-refractivity contribution in [3.63, 3.8) is 0 Å². The van der Waals surface area contributed by atoms with E-state index in [0.717, 1.165) is 23.4 Å². The lowest BCUT2D eigenvalue weighted by Gasteiger charge is -2.04. The van der Waals surface area contributed by atoms with Gasteiger partial charge in [-0.25, -0.2) is 9.97 Å². The van der Waals surface area contributed by atoms with Crippen LogP contribution in [0.15, 0.2) is 24.7 Å². The number of hydrogen-bond acceptors (Lipinski definition) is 4. The van der Waals surface area contributed by atoms with Crippen LogP contribution in [0.5, 0.6) is 0 Å². The molecule has 0 bridgehead atoms. The van der Waals surface area contributed by atoms with Crippen LogP contribution in [-0.2, 0) is 13.6 Å². The molecule has 0 saturated carbocycles. The lowest BCUT2D eigenvalue weighted by atomic mass is 10.3. The highest BCUT2D eigenvalue weighted by Crippen LogP contribution is 2.23. The summed E-state index contributed by atoms with van der Waals surface area (Å²) in [7, 11) is 1.99. The van der Waals surface area contributed by atoms with Gasteiger partial charge in [0.25, 0.3) is 0 Å². The Morgan fingerprint density at radius 2 is 2.16 bits per heavy atom. The van der Waals surface area contributed by atoms with Crippen molar-refractivity contribution in [2.24, 2.45) is 7.05 Å². The topological polar surface area (TPSA) is 42.7 Å². The fourth-order valence-electron chi connectivity index (χ4n) is 2.10. The number of aromatic nitrogens is 3. The summed E-state index contributed by atoms with van der Waals surface area (Å²) in [6, 6.07) is 4.21. The Balaban J connectivity index is 1.85. The van der Waals surface area contributed by atoms with Crippen LogP contribution >= 0.6 is 11.3 Å². The fraction of sp³-hybridized carbons (Fsp3) is 0.286. The monoisotopic (exact) mass is 272 g/mol. The summed E-state index contributed by atoms with van der Waals surface area (Å²) in [5.74, 6) is 0.849. The largest absolute Gasteiger partial charge is 0.363 e. The number of pyridine rings is 1. The highest BCUT2D eigenvalue weighted by Gasteiger charge is 2.07. The Morgan fingerprint density at radius 3 is 2.89 bits per heavy atom. The molecule has 0 aliphatic carbocycles. The Kier molecular flexibility index (Phi) is 2.98. The van der Waals surface area contributed by atoms with E-state index in [2.05, 4.69) is 35.2 Å². The van der Waals surface area contributed by atoms with Gasteiger partial charge in [0, 0.05) is 23.0 Å². The number of hydrogen-bond donors (Lipinski definition) is 1. The molecule has 5 heteroatoms. The molecule has 0 aliphatic heterocycles. The van der Waals surface area contributed by atoms with Crippen LogP contribution in [0.4, 0.5) is 5.82 Å². The third-order valence-electron chi connectivity index (χ3n) is 3.29. The third-order valence-corrected chi connectivity index (χ3v) is 4.44. The highest BCUT2D eigenvalue weighted by molar-refractivity contribution is 7.12. The first kappa shape index (κ1) is 12.2. The molecule has 0 radical (unpaired) electrons. The molecule has 4 nitrogen and oxygen atoms in total. The summed E-state index contributed by atoms with van der Waals surface area (Å²) in [5.41, 5.74) is 3.37. The first-order valence-corrected chi connectivity index (χ1v) is 7.02. The minimum absolute atomic E-state index is 0.794. The highest BCUT2D eigenvalue weighted by atomic mass is 32.1. The smallest absolute Gasteiger partial charge is 0.154 e. The van der Waals surface area contributed by atoms with Gasteiger partial charge in [0.15, 0.2) is 5.82 Å². The number of nitrogens with one attached hydrogen (secondary N) is 1. The Labute approximate surface area is 116 Å². The molecule has 0 spiro atoms. The normalized spacial score (nSPS) is 11.1. The number of anilines is 1. The van der Waals surface area contributed by atoms with Gasteiger partial charge in [-0.2, -0.15) is 0 Å². The summed E-state index contributed by atoms with van der Waals surface area (Å²) in [5, 5.41) is 3.38. The van der Waals surface area contributed by atoms with Gasteiger partial charge in [-0.05, 0) is 31.5 Å². The predicted octanol–water partition coefficient (Wildman–Crippen LogP) is 3.26. The molecule has 19 heavy (non-hydrogen) atoms. The lowest BCUT2D eigenvalue weighted by molar-refractivity contribution is 0.947. The van der Waals surface area contributed by atoms with E-state index in [1.165, 1.54) is 15.3 Å². The second-order valence-electron chi connectivity index (χ2n) is 4.69. The lowest BCUT2D eigenvalue weighted by Crippen LogP contribution is -2.00. The van der Waals surface area contributed by atoms with Gasteiger partial charge >= 0.3 is 0 Å². The molecule has 3 heterocycles. The number of nitrogens with zero attached hydrogens (tertiary/aromatic N) is 3. The molecule has 0 aliphatic rings. The molecular formula is C14H16N4S. The van der Waals surface area contributed by atoms with Crippen molar-refractivity contribution in [1.82, 2.24) is 14.5 Å². The summed E-state index contributed by atoms with van der Waals surface area (Å²) in [6.07, 6.45) is 3.63. The van der Waals surface area contributed by atoms with Crippen molar-refractivity contribution in [1.29, 1.82) is 0 Å². The minimum atomic E-state index is 0.794. The summed E-state index contributed by atoms with van der Waals surface area (Å²) >= 11 is 1.83. The number of rotatable bonds is 3. The first-order chi connectivity index (χ1) is 9.15.